The number of methoxy groups -OCH3 is 1. The minimum absolute atomic E-state index is 0.0494. The predicted molar refractivity (Wildman–Crippen MR) is 163 cm³/mol. The summed E-state index contributed by atoms with van der Waals surface area (Å²) in [4.78, 5) is 31.7. The molecule has 0 spiro atoms. The molecule has 5 rings (SSSR count). The van der Waals surface area contributed by atoms with Crippen molar-refractivity contribution in [1.29, 1.82) is 0 Å². The number of amides is 1. The van der Waals surface area contributed by atoms with Crippen LogP contribution in [0.3, 0.4) is 0 Å². The second kappa shape index (κ2) is 12.3. The molecule has 1 aliphatic rings. The quantitative estimate of drug-likeness (QED) is 0.300. The number of aryl methyl sites for hydroxylation is 3. The van der Waals surface area contributed by atoms with Gasteiger partial charge in [-0.1, -0.05) is 29.5 Å². The summed E-state index contributed by atoms with van der Waals surface area (Å²) in [7, 11) is -2.50. The Morgan fingerprint density at radius 1 is 1.02 bits per heavy atom. The normalized spacial score (nSPS) is 15.5. The Kier molecular flexibility index (Phi) is 8.68. The number of thiazole rings is 1. The van der Waals surface area contributed by atoms with Crippen LogP contribution in [0.5, 0.6) is 0 Å². The van der Waals surface area contributed by atoms with Crippen molar-refractivity contribution < 1.29 is 17.9 Å². The maximum atomic E-state index is 13.3. The molecular formula is C28H34N8O4S2. The molecule has 1 unspecified atom stereocenters. The van der Waals surface area contributed by atoms with Crippen molar-refractivity contribution in [2.75, 3.05) is 50.5 Å². The molecule has 3 aromatic heterocycles. The third-order valence-electron chi connectivity index (χ3n) is 7.15. The van der Waals surface area contributed by atoms with E-state index in [0.717, 1.165) is 50.6 Å². The van der Waals surface area contributed by atoms with Gasteiger partial charge in [0.15, 0.2) is 9.34 Å². The number of carbonyl (C=O) groups is 1. The zero-order chi connectivity index (χ0) is 30.0. The number of anilines is 2. The third kappa shape index (κ3) is 6.21. The molecule has 1 saturated heterocycles. The number of benzene rings is 1. The van der Waals surface area contributed by atoms with Gasteiger partial charge in [-0.2, -0.15) is 4.31 Å². The summed E-state index contributed by atoms with van der Waals surface area (Å²) in [5, 5.41) is 7.10. The first-order chi connectivity index (χ1) is 20.1. The molecule has 1 aliphatic heterocycles. The molecule has 1 fully saturated rings. The van der Waals surface area contributed by atoms with Crippen molar-refractivity contribution in [3.05, 3.63) is 53.7 Å². The maximum absolute atomic E-state index is 13.3. The Balaban J connectivity index is 1.23. The Morgan fingerprint density at radius 3 is 2.50 bits per heavy atom. The topological polar surface area (TPSA) is 143 Å². The summed E-state index contributed by atoms with van der Waals surface area (Å²) in [6.45, 7) is 10.3. The number of sulfonamides is 1. The molecule has 14 heteroatoms. The largest absolute Gasteiger partial charge is 0.453 e. The molecule has 1 aromatic carbocycles. The smallest absolute Gasteiger partial charge is 0.413 e. The summed E-state index contributed by atoms with van der Waals surface area (Å²) in [6.07, 6.45) is 0.882. The van der Waals surface area contributed by atoms with Gasteiger partial charge in [0.1, 0.15) is 12.1 Å². The number of aromatic nitrogens is 4. The van der Waals surface area contributed by atoms with Gasteiger partial charge in [-0.25, -0.2) is 28.2 Å². The predicted octanol–water partition coefficient (Wildman–Crippen LogP) is 4.06. The number of para-hydroxylation sites is 1. The van der Waals surface area contributed by atoms with Gasteiger partial charge >= 0.3 is 6.09 Å². The number of nitrogens with one attached hydrogen (secondary N) is 2. The van der Waals surface area contributed by atoms with E-state index >= 15 is 0 Å². The van der Waals surface area contributed by atoms with Gasteiger partial charge in [0, 0.05) is 66.7 Å². The Morgan fingerprint density at radius 2 is 1.79 bits per heavy atom. The molecule has 0 saturated carbocycles. The second-order valence-electron chi connectivity index (χ2n) is 10.3. The van der Waals surface area contributed by atoms with E-state index in [1.807, 2.05) is 32.0 Å². The standard InChI is InChI=1S/C28H34N8O4S2/c1-17-9-10-21(19(3)31-17)22-7-6-8-23-24(22)29-16-30-25(23)32-18(2)15-35-11-13-36(14-12-35)42(38,39)26-20(4)33-27(41-26)34-28(37)40-5/h6-10,16,18H,11-15H2,1-5H3,(H,29,30,32)(H,33,34,37). The first kappa shape index (κ1) is 29.8. The Labute approximate surface area is 249 Å². The van der Waals surface area contributed by atoms with Crippen LogP contribution in [-0.4, -0.2) is 89.5 Å². The monoisotopic (exact) mass is 610 g/mol. The molecule has 0 aliphatic carbocycles. The molecule has 4 aromatic rings. The lowest BCUT2D eigenvalue weighted by Gasteiger charge is -2.35. The maximum Gasteiger partial charge on any atom is 0.413 e. The van der Waals surface area contributed by atoms with Crippen molar-refractivity contribution in [1.82, 2.24) is 29.1 Å². The minimum Gasteiger partial charge on any atom is -0.453 e. The van der Waals surface area contributed by atoms with Crippen LogP contribution < -0.4 is 10.6 Å². The molecule has 1 atom stereocenters. The summed E-state index contributed by atoms with van der Waals surface area (Å²) in [6, 6.07) is 10.2. The van der Waals surface area contributed by atoms with E-state index < -0.39 is 16.1 Å². The molecule has 0 bridgehead atoms. The number of hydrogen-bond donors (Lipinski definition) is 2. The Hall–Kier alpha value is -3.72. The molecule has 12 nitrogen and oxygen atoms in total. The van der Waals surface area contributed by atoms with Crippen molar-refractivity contribution in [2.45, 2.75) is 37.9 Å². The molecular weight excluding hydrogens is 576 g/mol. The van der Waals surface area contributed by atoms with Crippen molar-refractivity contribution in [3.8, 4) is 11.1 Å². The SMILES string of the molecule is COC(=O)Nc1nc(C)c(S(=O)(=O)N2CCN(CC(C)Nc3ncnc4c(-c5ccc(C)nc5C)cccc34)CC2)s1. The van der Waals surface area contributed by atoms with E-state index in [-0.39, 0.29) is 15.4 Å². The number of nitrogens with zero attached hydrogens (tertiary/aromatic N) is 6. The zero-order valence-corrected chi connectivity index (χ0v) is 25.8. The van der Waals surface area contributed by atoms with E-state index in [0.29, 0.717) is 38.4 Å². The molecule has 222 valence electrons. The highest BCUT2D eigenvalue weighted by molar-refractivity contribution is 7.91. The highest BCUT2D eigenvalue weighted by atomic mass is 32.2. The lowest BCUT2D eigenvalue weighted by molar-refractivity contribution is 0.184. The second-order valence-corrected chi connectivity index (χ2v) is 13.4. The van der Waals surface area contributed by atoms with Gasteiger partial charge < -0.3 is 10.1 Å². The number of rotatable bonds is 8. The fourth-order valence-corrected chi connectivity index (χ4v) is 8.10. The fraction of sp³-hybridized carbons (Fsp3) is 0.393. The van der Waals surface area contributed by atoms with Crippen LogP contribution in [0.25, 0.3) is 22.0 Å². The summed E-state index contributed by atoms with van der Waals surface area (Å²) in [5.74, 6) is 0.755. The van der Waals surface area contributed by atoms with Crippen molar-refractivity contribution in [2.24, 2.45) is 0 Å². The lowest BCUT2D eigenvalue weighted by Crippen LogP contribution is -2.50. The van der Waals surface area contributed by atoms with Crippen molar-refractivity contribution >= 4 is 49.3 Å². The van der Waals surface area contributed by atoms with Crippen LogP contribution in [0, 0.1) is 20.8 Å². The van der Waals surface area contributed by atoms with Crippen molar-refractivity contribution in [3.63, 3.8) is 0 Å². The van der Waals surface area contributed by atoms with Crippen LogP contribution in [0.2, 0.25) is 0 Å². The van der Waals surface area contributed by atoms with E-state index in [4.69, 9.17) is 0 Å². The van der Waals surface area contributed by atoms with Crippen LogP contribution in [0.15, 0.2) is 40.9 Å². The highest BCUT2D eigenvalue weighted by Gasteiger charge is 2.32. The number of piperazine rings is 1. The van der Waals surface area contributed by atoms with Crippen LogP contribution in [0.1, 0.15) is 24.0 Å². The third-order valence-corrected chi connectivity index (χ3v) is 10.7. The molecule has 4 heterocycles. The van der Waals surface area contributed by atoms with E-state index in [2.05, 4.69) is 59.3 Å². The highest BCUT2D eigenvalue weighted by Crippen LogP contribution is 2.32. The summed E-state index contributed by atoms with van der Waals surface area (Å²) >= 11 is 0.926. The molecule has 42 heavy (non-hydrogen) atoms. The van der Waals surface area contributed by atoms with E-state index in [1.54, 1.807) is 13.3 Å². The van der Waals surface area contributed by atoms with E-state index in [9.17, 15) is 13.2 Å². The van der Waals surface area contributed by atoms with Gasteiger partial charge in [0.25, 0.3) is 10.0 Å². The molecule has 2 N–H and O–H groups in total. The van der Waals surface area contributed by atoms with Gasteiger partial charge in [0.05, 0.1) is 18.3 Å². The summed E-state index contributed by atoms with van der Waals surface area (Å²) in [5.41, 5.74) is 5.19. The van der Waals surface area contributed by atoms with Crippen LogP contribution in [-0.2, 0) is 14.8 Å². The average molecular weight is 611 g/mol. The van der Waals surface area contributed by atoms with Crippen LogP contribution >= 0.6 is 11.3 Å². The van der Waals surface area contributed by atoms with E-state index in [1.165, 1.54) is 11.4 Å². The number of pyridine rings is 1. The fourth-order valence-electron chi connectivity index (χ4n) is 5.14. The molecule has 0 radical (unpaired) electrons. The number of fused-ring (bicyclic) bond motifs is 1. The minimum atomic E-state index is -3.74. The van der Waals surface area contributed by atoms with Gasteiger partial charge in [0.2, 0.25) is 0 Å². The van der Waals surface area contributed by atoms with Gasteiger partial charge in [-0.05, 0) is 39.8 Å². The number of hydrogen-bond acceptors (Lipinski definition) is 11. The number of ether oxygens (including phenoxy) is 1. The first-order valence-corrected chi connectivity index (χ1v) is 15.8. The lowest BCUT2D eigenvalue weighted by atomic mass is 10.0. The number of carbonyl (C=O) groups excluding carboxylic acids is 1. The van der Waals surface area contributed by atoms with Gasteiger partial charge in [-0.15, -0.1) is 0 Å². The zero-order valence-electron chi connectivity index (χ0n) is 24.2. The summed E-state index contributed by atoms with van der Waals surface area (Å²) < 4.78 is 32.9. The Bertz CT molecular complexity index is 1720. The molecule has 1 amide bonds. The first-order valence-electron chi connectivity index (χ1n) is 13.6. The van der Waals surface area contributed by atoms with Crippen LogP contribution in [0.4, 0.5) is 15.7 Å². The average Bonchev–Trinajstić information content (AvgIpc) is 3.33. The van der Waals surface area contributed by atoms with Gasteiger partial charge in [-0.3, -0.25) is 15.2 Å².